The molecular weight excluding hydrogens is 408 g/mol. The SMILES string of the molecule is COc1ccccc1CNC(=O)c1ccc2c(c1)NC(=O)/C(=C\c1ccc(C)cc1)S2. The van der Waals surface area contributed by atoms with E-state index in [1.807, 2.05) is 67.6 Å². The largest absolute Gasteiger partial charge is 0.496 e. The molecule has 0 radical (unpaired) electrons. The molecule has 1 aliphatic heterocycles. The third-order valence-electron chi connectivity index (χ3n) is 4.94. The van der Waals surface area contributed by atoms with Gasteiger partial charge in [-0.05, 0) is 42.8 Å². The minimum Gasteiger partial charge on any atom is -0.496 e. The normalized spacial score (nSPS) is 14.0. The van der Waals surface area contributed by atoms with Crippen LogP contribution in [0.15, 0.2) is 76.5 Å². The van der Waals surface area contributed by atoms with Crippen LogP contribution in [0.4, 0.5) is 5.69 Å². The van der Waals surface area contributed by atoms with E-state index in [4.69, 9.17) is 4.74 Å². The van der Waals surface area contributed by atoms with Gasteiger partial charge in [-0.3, -0.25) is 9.59 Å². The van der Waals surface area contributed by atoms with Crippen molar-refractivity contribution in [1.29, 1.82) is 0 Å². The molecule has 0 aliphatic carbocycles. The zero-order valence-corrected chi connectivity index (χ0v) is 18.1. The first-order valence-electron chi connectivity index (χ1n) is 9.85. The second-order valence-electron chi connectivity index (χ2n) is 7.18. The van der Waals surface area contributed by atoms with E-state index in [0.29, 0.717) is 22.7 Å². The second kappa shape index (κ2) is 9.10. The Morgan fingerprint density at radius 3 is 2.65 bits per heavy atom. The highest BCUT2D eigenvalue weighted by molar-refractivity contribution is 8.04. The molecule has 3 aromatic rings. The van der Waals surface area contributed by atoms with Gasteiger partial charge in [0.1, 0.15) is 5.75 Å². The molecule has 156 valence electrons. The molecule has 0 fully saturated rings. The maximum absolute atomic E-state index is 12.6. The molecule has 2 amide bonds. The first kappa shape index (κ1) is 20.8. The number of nitrogens with one attached hydrogen (secondary N) is 2. The van der Waals surface area contributed by atoms with E-state index >= 15 is 0 Å². The lowest BCUT2D eigenvalue weighted by molar-refractivity contribution is -0.112. The van der Waals surface area contributed by atoms with E-state index < -0.39 is 0 Å². The Kier molecular flexibility index (Phi) is 6.09. The molecule has 1 aliphatic rings. The lowest BCUT2D eigenvalue weighted by Gasteiger charge is -2.19. The molecule has 4 rings (SSSR count). The van der Waals surface area contributed by atoms with Gasteiger partial charge in [0.05, 0.1) is 17.7 Å². The molecule has 2 N–H and O–H groups in total. The fraction of sp³-hybridized carbons (Fsp3) is 0.120. The number of thioether (sulfide) groups is 1. The molecular formula is C25H22N2O3S. The summed E-state index contributed by atoms with van der Waals surface area (Å²) in [5.74, 6) is 0.336. The Bertz CT molecular complexity index is 1170. The monoisotopic (exact) mass is 430 g/mol. The standard InChI is InChI=1S/C25H22N2O3S/c1-16-7-9-17(10-8-16)13-23-25(29)27-20-14-18(11-12-22(20)31-23)24(28)26-15-19-5-3-4-6-21(19)30-2/h3-14H,15H2,1-2H3,(H,26,28)(H,27,29)/b23-13+. The lowest BCUT2D eigenvalue weighted by atomic mass is 10.1. The van der Waals surface area contributed by atoms with Crippen LogP contribution in [-0.4, -0.2) is 18.9 Å². The van der Waals surface area contributed by atoms with E-state index in [9.17, 15) is 9.59 Å². The third-order valence-corrected chi connectivity index (χ3v) is 6.04. The second-order valence-corrected chi connectivity index (χ2v) is 8.26. The first-order valence-corrected chi connectivity index (χ1v) is 10.7. The number of rotatable bonds is 5. The Balaban J connectivity index is 1.48. The van der Waals surface area contributed by atoms with Crippen LogP contribution < -0.4 is 15.4 Å². The van der Waals surface area contributed by atoms with Crippen LogP contribution in [0.25, 0.3) is 6.08 Å². The number of methoxy groups -OCH3 is 1. The van der Waals surface area contributed by atoms with Crippen molar-refractivity contribution in [2.45, 2.75) is 18.4 Å². The predicted molar refractivity (Wildman–Crippen MR) is 124 cm³/mol. The summed E-state index contributed by atoms with van der Waals surface area (Å²) in [6.45, 7) is 2.38. The average molecular weight is 431 g/mol. The van der Waals surface area contributed by atoms with E-state index in [2.05, 4.69) is 10.6 Å². The number of hydrogen-bond acceptors (Lipinski definition) is 4. The van der Waals surface area contributed by atoms with Gasteiger partial charge in [0.15, 0.2) is 0 Å². The van der Waals surface area contributed by atoms with Gasteiger partial charge in [-0.2, -0.15) is 0 Å². The highest BCUT2D eigenvalue weighted by Gasteiger charge is 2.22. The van der Waals surface area contributed by atoms with Crippen LogP contribution in [0.5, 0.6) is 5.75 Å². The minimum absolute atomic E-state index is 0.176. The summed E-state index contributed by atoms with van der Waals surface area (Å²) in [6, 6.07) is 20.9. The number of amides is 2. The number of ether oxygens (including phenoxy) is 1. The quantitative estimate of drug-likeness (QED) is 0.558. The number of para-hydroxylation sites is 1. The van der Waals surface area contributed by atoms with Crippen LogP contribution in [0.2, 0.25) is 0 Å². The van der Waals surface area contributed by atoms with Gasteiger partial charge in [0.25, 0.3) is 11.8 Å². The highest BCUT2D eigenvalue weighted by Crippen LogP contribution is 2.39. The topological polar surface area (TPSA) is 67.4 Å². The third kappa shape index (κ3) is 4.81. The maximum Gasteiger partial charge on any atom is 0.262 e. The molecule has 0 spiro atoms. The molecule has 0 saturated carbocycles. The fourth-order valence-corrected chi connectivity index (χ4v) is 4.17. The van der Waals surface area contributed by atoms with Crippen LogP contribution >= 0.6 is 11.8 Å². The van der Waals surface area contributed by atoms with Crippen LogP contribution in [-0.2, 0) is 11.3 Å². The first-order chi connectivity index (χ1) is 15.0. The van der Waals surface area contributed by atoms with E-state index in [1.165, 1.54) is 17.3 Å². The van der Waals surface area contributed by atoms with Gasteiger partial charge in [0.2, 0.25) is 0 Å². The van der Waals surface area contributed by atoms with Crippen molar-refractivity contribution in [2.75, 3.05) is 12.4 Å². The lowest BCUT2D eigenvalue weighted by Crippen LogP contribution is -2.24. The van der Waals surface area contributed by atoms with Crippen LogP contribution in [0, 0.1) is 6.92 Å². The predicted octanol–water partition coefficient (Wildman–Crippen LogP) is 5.02. The highest BCUT2D eigenvalue weighted by atomic mass is 32.2. The van der Waals surface area contributed by atoms with E-state index in [1.54, 1.807) is 19.2 Å². The summed E-state index contributed by atoms with van der Waals surface area (Å²) < 4.78 is 5.32. The summed E-state index contributed by atoms with van der Waals surface area (Å²) in [7, 11) is 1.60. The molecule has 0 bridgehead atoms. The zero-order chi connectivity index (χ0) is 21.8. The minimum atomic E-state index is -0.214. The molecule has 6 heteroatoms. The molecule has 0 atom stereocenters. The van der Waals surface area contributed by atoms with Crippen molar-refractivity contribution in [2.24, 2.45) is 0 Å². The molecule has 5 nitrogen and oxygen atoms in total. The summed E-state index contributed by atoms with van der Waals surface area (Å²) >= 11 is 1.40. The van der Waals surface area contributed by atoms with Crippen molar-refractivity contribution < 1.29 is 14.3 Å². The van der Waals surface area contributed by atoms with Gasteiger partial charge < -0.3 is 15.4 Å². The van der Waals surface area contributed by atoms with Crippen LogP contribution in [0.3, 0.4) is 0 Å². The molecule has 0 aromatic heterocycles. The van der Waals surface area contributed by atoms with Crippen LogP contribution in [0.1, 0.15) is 27.0 Å². The molecule has 31 heavy (non-hydrogen) atoms. The fourth-order valence-electron chi connectivity index (χ4n) is 3.24. The van der Waals surface area contributed by atoms with Gasteiger partial charge in [0, 0.05) is 22.6 Å². The number of benzene rings is 3. The van der Waals surface area contributed by atoms with Crippen molar-refractivity contribution in [3.05, 3.63) is 93.9 Å². The summed E-state index contributed by atoms with van der Waals surface area (Å²) in [5.41, 5.74) is 4.16. The number of carbonyl (C=O) groups excluding carboxylic acids is 2. The Morgan fingerprint density at radius 1 is 1.10 bits per heavy atom. The van der Waals surface area contributed by atoms with Crippen molar-refractivity contribution >= 4 is 35.3 Å². The van der Waals surface area contributed by atoms with Gasteiger partial charge >= 0.3 is 0 Å². The summed E-state index contributed by atoms with van der Waals surface area (Å²) in [5, 5.41) is 5.80. The number of fused-ring (bicyclic) bond motifs is 1. The number of carbonyl (C=O) groups is 2. The summed E-state index contributed by atoms with van der Waals surface area (Å²) in [4.78, 5) is 26.7. The van der Waals surface area contributed by atoms with Gasteiger partial charge in [-0.25, -0.2) is 0 Å². The van der Waals surface area contributed by atoms with E-state index in [0.717, 1.165) is 21.8 Å². The summed E-state index contributed by atoms with van der Waals surface area (Å²) in [6.07, 6.45) is 1.87. The number of anilines is 1. The van der Waals surface area contributed by atoms with Gasteiger partial charge in [-0.15, -0.1) is 0 Å². The van der Waals surface area contributed by atoms with E-state index in [-0.39, 0.29) is 11.8 Å². The Labute approximate surface area is 185 Å². The van der Waals surface area contributed by atoms with Crippen molar-refractivity contribution in [1.82, 2.24) is 5.32 Å². The number of hydrogen-bond donors (Lipinski definition) is 2. The van der Waals surface area contributed by atoms with Crippen molar-refractivity contribution in [3.8, 4) is 5.75 Å². The van der Waals surface area contributed by atoms with Gasteiger partial charge in [-0.1, -0.05) is 59.8 Å². The average Bonchev–Trinajstić information content (AvgIpc) is 2.79. The molecule has 1 heterocycles. The molecule has 0 unspecified atom stereocenters. The zero-order valence-electron chi connectivity index (χ0n) is 17.3. The molecule has 0 saturated heterocycles. The Morgan fingerprint density at radius 2 is 1.87 bits per heavy atom. The number of aryl methyl sites for hydroxylation is 1. The van der Waals surface area contributed by atoms with Crippen molar-refractivity contribution in [3.63, 3.8) is 0 Å². The smallest absolute Gasteiger partial charge is 0.262 e. The molecule has 3 aromatic carbocycles. The maximum atomic E-state index is 12.6. The Hall–Kier alpha value is -3.51.